The lowest BCUT2D eigenvalue weighted by Gasteiger charge is -2.31. The lowest BCUT2D eigenvalue weighted by molar-refractivity contribution is 0.445. The molecule has 1 nitrogen and oxygen atoms in total. The van der Waals surface area contributed by atoms with E-state index in [9.17, 15) is 0 Å². The van der Waals surface area contributed by atoms with Crippen LogP contribution in [0.25, 0.3) is 73.4 Å². The van der Waals surface area contributed by atoms with Crippen molar-refractivity contribution in [2.75, 3.05) is 4.90 Å². The Morgan fingerprint density at radius 3 is 1.60 bits per heavy atom. The van der Waals surface area contributed by atoms with Gasteiger partial charge in [-0.2, -0.15) is 0 Å². The quantitative estimate of drug-likeness (QED) is 0.164. The summed E-state index contributed by atoms with van der Waals surface area (Å²) in [6, 6.07) is 63.6. The van der Waals surface area contributed by atoms with Gasteiger partial charge in [-0.05, 0) is 71.0 Å². The summed E-state index contributed by atoms with van der Waals surface area (Å²) in [5.41, 5.74) is 10.1. The first kappa shape index (κ1) is 32.7. The maximum atomic E-state index is 2.58. The van der Waals surface area contributed by atoms with Gasteiger partial charge in [-0.15, -0.1) is 22.7 Å². The minimum absolute atomic E-state index is 0.594. The van der Waals surface area contributed by atoms with E-state index >= 15 is 0 Å². The van der Waals surface area contributed by atoms with Crippen LogP contribution in [0.4, 0.5) is 17.1 Å². The Hall–Kier alpha value is -5.74. The molecule has 2 heterocycles. The lowest BCUT2D eigenvalue weighted by atomic mass is 9.80. The predicted molar refractivity (Wildman–Crippen MR) is 241 cm³/mol. The number of hydrogen-bond donors (Lipinski definition) is 0. The van der Waals surface area contributed by atoms with Crippen LogP contribution in [-0.4, -0.2) is 0 Å². The van der Waals surface area contributed by atoms with E-state index in [-0.39, 0.29) is 0 Å². The molecule has 10 aromatic rings. The van der Waals surface area contributed by atoms with E-state index in [0.29, 0.717) is 5.92 Å². The highest BCUT2D eigenvalue weighted by Gasteiger charge is 2.26. The van der Waals surface area contributed by atoms with Crippen molar-refractivity contribution < 1.29 is 0 Å². The van der Waals surface area contributed by atoms with Crippen LogP contribution in [0, 0.1) is 0 Å². The first-order valence-corrected chi connectivity index (χ1v) is 21.3. The van der Waals surface area contributed by atoms with E-state index in [0.717, 1.165) is 0 Å². The van der Waals surface area contributed by atoms with Crippen LogP contribution in [0.2, 0.25) is 0 Å². The van der Waals surface area contributed by atoms with Crippen molar-refractivity contribution in [3.05, 3.63) is 175 Å². The van der Waals surface area contributed by atoms with Crippen molar-refractivity contribution in [1.29, 1.82) is 0 Å². The summed E-state index contributed by atoms with van der Waals surface area (Å²) in [6.45, 7) is 0. The fourth-order valence-electron chi connectivity index (χ4n) is 9.40. The predicted octanol–water partition coefficient (Wildman–Crippen LogP) is 16.4. The first-order valence-electron chi connectivity index (χ1n) is 19.6. The molecule has 3 heteroatoms. The van der Waals surface area contributed by atoms with Crippen molar-refractivity contribution in [1.82, 2.24) is 0 Å². The Bertz CT molecular complexity index is 3040. The highest BCUT2D eigenvalue weighted by atomic mass is 32.1. The minimum atomic E-state index is 0.594. The van der Waals surface area contributed by atoms with Gasteiger partial charge >= 0.3 is 0 Å². The molecule has 1 aliphatic rings. The molecule has 1 aliphatic carbocycles. The van der Waals surface area contributed by atoms with Gasteiger partial charge in [-0.1, -0.05) is 159 Å². The van der Waals surface area contributed by atoms with Gasteiger partial charge in [0.25, 0.3) is 0 Å². The standard InChI is InChI=1S/C52H39NS2/c1-2-16-34(17-3-1)36-24-12-18-35-19-13-25-41(50(35)36)37-20-4-8-29-45(37)53(47-31-15-28-44-40-23-7-11-33-49(40)55-52(44)47)46-30-9-5-21-38(46)42-26-14-27-43-39-22-6-10-32-48(39)54-51(42)43/h4-15,18-34H,1-3,16-17H2. The van der Waals surface area contributed by atoms with Gasteiger partial charge in [0, 0.05) is 52.3 Å². The summed E-state index contributed by atoms with van der Waals surface area (Å²) in [7, 11) is 0. The highest BCUT2D eigenvalue weighted by molar-refractivity contribution is 7.26. The van der Waals surface area contributed by atoms with Crippen LogP contribution in [0.5, 0.6) is 0 Å². The fraction of sp³-hybridized carbons (Fsp3) is 0.115. The zero-order valence-electron chi connectivity index (χ0n) is 30.5. The largest absolute Gasteiger partial charge is 0.308 e. The molecule has 264 valence electrons. The third-order valence-electron chi connectivity index (χ3n) is 11.9. The Morgan fingerprint density at radius 2 is 0.873 bits per heavy atom. The number of nitrogens with zero attached hydrogens (tertiary/aromatic N) is 1. The van der Waals surface area contributed by atoms with Crippen LogP contribution in [0.15, 0.2) is 170 Å². The topological polar surface area (TPSA) is 3.24 Å². The van der Waals surface area contributed by atoms with Crippen LogP contribution in [0.3, 0.4) is 0 Å². The monoisotopic (exact) mass is 741 g/mol. The van der Waals surface area contributed by atoms with Crippen molar-refractivity contribution in [2.24, 2.45) is 0 Å². The number of para-hydroxylation sites is 2. The summed E-state index contributed by atoms with van der Waals surface area (Å²) in [4.78, 5) is 2.58. The van der Waals surface area contributed by atoms with Gasteiger partial charge in [0.05, 0.1) is 21.8 Å². The highest BCUT2D eigenvalue weighted by Crippen LogP contribution is 2.52. The summed E-state index contributed by atoms with van der Waals surface area (Å²) in [5.74, 6) is 0.594. The minimum Gasteiger partial charge on any atom is -0.308 e. The van der Waals surface area contributed by atoms with Gasteiger partial charge in [0.15, 0.2) is 0 Å². The summed E-state index contributed by atoms with van der Waals surface area (Å²) >= 11 is 3.80. The maximum Gasteiger partial charge on any atom is 0.0640 e. The van der Waals surface area contributed by atoms with Crippen molar-refractivity contribution >= 4 is 90.9 Å². The van der Waals surface area contributed by atoms with Crippen LogP contribution >= 0.6 is 22.7 Å². The third-order valence-corrected chi connectivity index (χ3v) is 14.3. The molecule has 0 unspecified atom stereocenters. The number of benzene rings is 8. The summed E-state index contributed by atoms with van der Waals surface area (Å²) in [6.07, 6.45) is 6.52. The second kappa shape index (κ2) is 13.5. The molecular weight excluding hydrogens is 703 g/mol. The van der Waals surface area contributed by atoms with Crippen LogP contribution < -0.4 is 4.90 Å². The average Bonchev–Trinajstić information content (AvgIpc) is 3.83. The molecule has 55 heavy (non-hydrogen) atoms. The Kier molecular flexibility index (Phi) is 8.04. The second-order valence-electron chi connectivity index (χ2n) is 15.0. The molecule has 2 aromatic heterocycles. The van der Waals surface area contributed by atoms with E-state index in [2.05, 4.69) is 175 Å². The SMILES string of the molecule is c1ccc(N(c2ccccc2-c2cccc3cccc(C4CCCCC4)c23)c2cccc3c2sc2ccccc23)c(-c2cccc3c2sc2ccccc23)c1. The van der Waals surface area contributed by atoms with Crippen molar-refractivity contribution in [3.8, 4) is 22.3 Å². The maximum absolute atomic E-state index is 2.58. The van der Waals surface area contributed by atoms with Crippen LogP contribution in [0.1, 0.15) is 43.6 Å². The Balaban J connectivity index is 1.21. The smallest absolute Gasteiger partial charge is 0.0640 e. The first-order chi connectivity index (χ1) is 27.3. The molecule has 1 fully saturated rings. The van der Waals surface area contributed by atoms with E-state index in [1.807, 2.05) is 22.7 Å². The molecule has 8 aromatic carbocycles. The molecule has 0 amide bonds. The fourth-order valence-corrected chi connectivity index (χ4v) is 11.8. The molecule has 0 N–H and O–H groups in total. The Labute approximate surface area is 329 Å². The normalized spacial score (nSPS) is 13.7. The lowest BCUT2D eigenvalue weighted by Crippen LogP contribution is -2.13. The number of rotatable bonds is 6. The molecule has 0 bridgehead atoms. The number of fused-ring (bicyclic) bond motifs is 7. The molecule has 0 radical (unpaired) electrons. The zero-order valence-corrected chi connectivity index (χ0v) is 32.2. The second-order valence-corrected chi connectivity index (χ2v) is 17.1. The van der Waals surface area contributed by atoms with Crippen molar-refractivity contribution in [3.63, 3.8) is 0 Å². The van der Waals surface area contributed by atoms with Crippen LogP contribution in [-0.2, 0) is 0 Å². The van der Waals surface area contributed by atoms with Gasteiger partial charge < -0.3 is 4.90 Å². The molecule has 1 saturated carbocycles. The molecule has 0 aliphatic heterocycles. The average molecular weight is 742 g/mol. The molecule has 0 spiro atoms. The summed E-state index contributed by atoms with van der Waals surface area (Å²) < 4.78 is 5.27. The van der Waals surface area contributed by atoms with E-state index in [4.69, 9.17) is 0 Å². The third kappa shape index (κ3) is 5.40. The van der Waals surface area contributed by atoms with Gasteiger partial charge in [0.2, 0.25) is 0 Å². The summed E-state index contributed by atoms with van der Waals surface area (Å²) in [5, 5.41) is 7.99. The molecular formula is C52H39NS2. The number of thiophene rings is 2. The van der Waals surface area contributed by atoms with Gasteiger partial charge in [-0.3, -0.25) is 0 Å². The molecule has 0 atom stereocenters. The zero-order chi connectivity index (χ0) is 36.3. The van der Waals surface area contributed by atoms with E-state index < -0.39 is 0 Å². The molecule has 11 rings (SSSR count). The number of anilines is 3. The van der Waals surface area contributed by atoms with Gasteiger partial charge in [-0.25, -0.2) is 0 Å². The van der Waals surface area contributed by atoms with E-state index in [1.165, 1.54) is 128 Å². The molecule has 0 saturated heterocycles. The van der Waals surface area contributed by atoms with Gasteiger partial charge in [0.1, 0.15) is 0 Å². The van der Waals surface area contributed by atoms with Crippen molar-refractivity contribution in [2.45, 2.75) is 38.0 Å². The van der Waals surface area contributed by atoms with E-state index in [1.54, 1.807) is 0 Å². The Morgan fingerprint density at radius 1 is 0.382 bits per heavy atom. The number of hydrogen-bond acceptors (Lipinski definition) is 3.